The van der Waals surface area contributed by atoms with E-state index in [-0.39, 0.29) is 11.8 Å². The lowest BCUT2D eigenvalue weighted by Crippen LogP contribution is -2.12. The number of ether oxygens (including phenoxy) is 2. The molecule has 0 radical (unpaired) electrons. The first-order valence-corrected chi connectivity index (χ1v) is 9.56. The van der Waals surface area contributed by atoms with Gasteiger partial charge in [-0.25, -0.2) is 0 Å². The van der Waals surface area contributed by atoms with E-state index in [0.29, 0.717) is 40.1 Å². The molecular formula is C23H21ClN2O4. The molecule has 0 spiro atoms. The van der Waals surface area contributed by atoms with Crippen molar-refractivity contribution in [2.24, 2.45) is 0 Å². The van der Waals surface area contributed by atoms with Gasteiger partial charge < -0.3 is 20.1 Å². The third-order valence-corrected chi connectivity index (χ3v) is 4.45. The minimum Gasteiger partial charge on any atom is -0.493 e. The Kier molecular flexibility index (Phi) is 6.93. The van der Waals surface area contributed by atoms with Gasteiger partial charge >= 0.3 is 0 Å². The summed E-state index contributed by atoms with van der Waals surface area (Å²) in [7, 11) is 1.52. The number of hydrogen-bond acceptors (Lipinski definition) is 4. The molecule has 2 N–H and O–H groups in total. The first kappa shape index (κ1) is 21.2. The smallest absolute Gasteiger partial charge is 0.255 e. The van der Waals surface area contributed by atoms with Crippen LogP contribution in [0.5, 0.6) is 11.5 Å². The van der Waals surface area contributed by atoms with Crippen molar-refractivity contribution < 1.29 is 19.1 Å². The van der Waals surface area contributed by atoms with Crippen molar-refractivity contribution >= 4 is 34.8 Å². The molecule has 0 aliphatic rings. The van der Waals surface area contributed by atoms with E-state index in [4.69, 9.17) is 21.1 Å². The molecule has 0 aliphatic heterocycles. The third kappa shape index (κ3) is 5.75. The Balaban J connectivity index is 1.66. The number of nitrogens with one attached hydrogen (secondary N) is 2. The maximum atomic E-state index is 12.6. The number of carbonyl (C=O) groups excluding carboxylic acids is 2. The molecule has 0 aromatic heterocycles. The highest BCUT2D eigenvalue weighted by atomic mass is 35.5. The molecule has 3 aromatic rings. The molecule has 3 aromatic carbocycles. The molecule has 154 valence electrons. The summed E-state index contributed by atoms with van der Waals surface area (Å²) in [5.74, 6) is 0.545. The number of amides is 2. The van der Waals surface area contributed by atoms with E-state index < -0.39 is 0 Å². The Bertz CT molecular complexity index is 1030. The second kappa shape index (κ2) is 9.80. The van der Waals surface area contributed by atoms with Gasteiger partial charge in [0.15, 0.2) is 11.5 Å². The van der Waals surface area contributed by atoms with E-state index in [2.05, 4.69) is 10.6 Å². The Morgan fingerprint density at radius 3 is 2.10 bits per heavy atom. The lowest BCUT2D eigenvalue weighted by Gasteiger charge is -2.13. The normalized spacial score (nSPS) is 10.2. The van der Waals surface area contributed by atoms with Crippen LogP contribution in [0.25, 0.3) is 0 Å². The first-order valence-electron chi connectivity index (χ1n) is 9.19. The molecule has 0 bridgehead atoms. The average molecular weight is 425 g/mol. The predicted molar refractivity (Wildman–Crippen MR) is 117 cm³/mol. The Hall–Kier alpha value is -3.51. The zero-order chi connectivity index (χ0) is 21.5. The van der Waals surface area contributed by atoms with Gasteiger partial charge in [0.25, 0.3) is 5.91 Å². The molecule has 0 saturated heterocycles. The van der Waals surface area contributed by atoms with E-state index in [1.54, 1.807) is 54.6 Å². The summed E-state index contributed by atoms with van der Waals surface area (Å²) >= 11 is 5.89. The molecule has 3 rings (SSSR count). The average Bonchev–Trinajstić information content (AvgIpc) is 2.74. The summed E-state index contributed by atoms with van der Waals surface area (Å²) < 4.78 is 11.2. The standard InChI is InChI=1S/C23H21ClN2O4/c1-15(27)25-19-8-10-20(11-9-19)26-23(28)17-5-12-21(22(13-17)29-2)30-14-16-3-6-18(24)7-4-16/h3-13H,14H2,1-2H3,(H,25,27)(H,26,28). The van der Waals surface area contributed by atoms with Crippen LogP contribution in [0.4, 0.5) is 11.4 Å². The van der Waals surface area contributed by atoms with E-state index in [0.717, 1.165) is 5.56 Å². The highest BCUT2D eigenvalue weighted by Crippen LogP contribution is 2.29. The third-order valence-electron chi connectivity index (χ3n) is 4.20. The van der Waals surface area contributed by atoms with Crippen LogP contribution in [-0.4, -0.2) is 18.9 Å². The topological polar surface area (TPSA) is 76.7 Å². The van der Waals surface area contributed by atoms with Crippen molar-refractivity contribution in [3.05, 3.63) is 82.9 Å². The number of rotatable bonds is 7. The number of methoxy groups -OCH3 is 1. The molecule has 0 atom stereocenters. The van der Waals surface area contributed by atoms with Crippen LogP contribution in [0.1, 0.15) is 22.8 Å². The Morgan fingerprint density at radius 2 is 1.50 bits per heavy atom. The zero-order valence-electron chi connectivity index (χ0n) is 16.6. The molecule has 0 saturated carbocycles. The van der Waals surface area contributed by atoms with Crippen molar-refractivity contribution in [1.29, 1.82) is 0 Å². The fourth-order valence-corrected chi connectivity index (χ4v) is 2.84. The summed E-state index contributed by atoms with van der Waals surface area (Å²) in [5, 5.41) is 6.15. The quantitative estimate of drug-likeness (QED) is 0.550. The monoisotopic (exact) mass is 424 g/mol. The van der Waals surface area contributed by atoms with Gasteiger partial charge in [-0.3, -0.25) is 9.59 Å². The van der Waals surface area contributed by atoms with Crippen LogP contribution < -0.4 is 20.1 Å². The van der Waals surface area contributed by atoms with Gasteiger partial charge in [0.1, 0.15) is 6.61 Å². The lowest BCUT2D eigenvalue weighted by atomic mass is 10.1. The van der Waals surface area contributed by atoms with Crippen LogP contribution in [0.3, 0.4) is 0 Å². The maximum Gasteiger partial charge on any atom is 0.255 e. The van der Waals surface area contributed by atoms with Crippen LogP contribution in [0, 0.1) is 0 Å². The molecule has 0 heterocycles. The number of halogens is 1. The number of benzene rings is 3. The molecule has 6 nitrogen and oxygen atoms in total. The van der Waals surface area contributed by atoms with Crippen molar-refractivity contribution in [1.82, 2.24) is 0 Å². The molecule has 30 heavy (non-hydrogen) atoms. The zero-order valence-corrected chi connectivity index (χ0v) is 17.3. The van der Waals surface area contributed by atoms with Gasteiger partial charge in [0.05, 0.1) is 7.11 Å². The number of anilines is 2. The molecular weight excluding hydrogens is 404 g/mol. The van der Waals surface area contributed by atoms with Crippen LogP contribution in [-0.2, 0) is 11.4 Å². The van der Waals surface area contributed by atoms with Crippen molar-refractivity contribution in [3.63, 3.8) is 0 Å². The molecule has 7 heteroatoms. The largest absolute Gasteiger partial charge is 0.493 e. The van der Waals surface area contributed by atoms with Gasteiger partial charge in [-0.1, -0.05) is 23.7 Å². The summed E-state index contributed by atoms with van der Waals surface area (Å²) in [6, 6.07) is 19.2. The maximum absolute atomic E-state index is 12.6. The molecule has 0 aliphatic carbocycles. The van der Waals surface area contributed by atoms with Crippen LogP contribution in [0.15, 0.2) is 66.7 Å². The van der Waals surface area contributed by atoms with Gasteiger partial charge in [0, 0.05) is 28.9 Å². The number of hydrogen-bond donors (Lipinski definition) is 2. The molecule has 0 fully saturated rings. The van der Waals surface area contributed by atoms with Crippen molar-refractivity contribution in [2.75, 3.05) is 17.7 Å². The van der Waals surface area contributed by atoms with E-state index in [1.165, 1.54) is 14.0 Å². The summed E-state index contributed by atoms with van der Waals surface area (Å²) in [6.45, 7) is 1.78. The second-order valence-electron chi connectivity index (χ2n) is 6.49. The summed E-state index contributed by atoms with van der Waals surface area (Å²) in [6.07, 6.45) is 0. The highest BCUT2D eigenvalue weighted by Gasteiger charge is 2.12. The minimum absolute atomic E-state index is 0.155. The summed E-state index contributed by atoms with van der Waals surface area (Å²) in [4.78, 5) is 23.7. The van der Waals surface area contributed by atoms with E-state index in [9.17, 15) is 9.59 Å². The predicted octanol–water partition coefficient (Wildman–Crippen LogP) is 5.14. The second-order valence-corrected chi connectivity index (χ2v) is 6.93. The van der Waals surface area contributed by atoms with Gasteiger partial charge in [0.2, 0.25) is 5.91 Å². The Labute approximate surface area is 179 Å². The van der Waals surface area contributed by atoms with Crippen molar-refractivity contribution in [3.8, 4) is 11.5 Å². The Morgan fingerprint density at radius 1 is 0.867 bits per heavy atom. The van der Waals surface area contributed by atoms with E-state index in [1.807, 2.05) is 12.1 Å². The lowest BCUT2D eigenvalue weighted by molar-refractivity contribution is -0.114. The molecule has 0 unspecified atom stereocenters. The fraction of sp³-hybridized carbons (Fsp3) is 0.130. The SMILES string of the molecule is COc1cc(C(=O)Nc2ccc(NC(C)=O)cc2)ccc1OCc1ccc(Cl)cc1. The summed E-state index contributed by atoms with van der Waals surface area (Å²) in [5.41, 5.74) is 2.66. The van der Waals surface area contributed by atoms with Gasteiger partial charge in [-0.15, -0.1) is 0 Å². The minimum atomic E-state index is -0.287. The highest BCUT2D eigenvalue weighted by molar-refractivity contribution is 6.30. The van der Waals surface area contributed by atoms with Crippen LogP contribution in [0.2, 0.25) is 5.02 Å². The van der Waals surface area contributed by atoms with Gasteiger partial charge in [-0.2, -0.15) is 0 Å². The number of carbonyl (C=O) groups is 2. The van der Waals surface area contributed by atoms with Crippen molar-refractivity contribution in [2.45, 2.75) is 13.5 Å². The van der Waals surface area contributed by atoms with Gasteiger partial charge in [-0.05, 0) is 60.2 Å². The molecule has 2 amide bonds. The van der Waals surface area contributed by atoms with Crippen LogP contribution >= 0.6 is 11.6 Å². The van der Waals surface area contributed by atoms with E-state index >= 15 is 0 Å². The fourth-order valence-electron chi connectivity index (χ4n) is 2.71. The first-order chi connectivity index (χ1) is 14.4.